The van der Waals surface area contributed by atoms with Crippen molar-refractivity contribution in [2.45, 2.75) is 6.54 Å². The summed E-state index contributed by atoms with van der Waals surface area (Å²) in [4.78, 5) is 0. The number of rotatable bonds is 3. The van der Waals surface area contributed by atoms with Gasteiger partial charge in [-0.25, -0.2) is 4.39 Å². The molecule has 0 fully saturated rings. The highest BCUT2D eigenvalue weighted by Gasteiger charge is 2.01. The molecule has 0 N–H and O–H groups in total. The van der Waals surface area contributed by atoms with Crippen LogP contribution in [-0.4, -0.2) is 15.7 Å². The topological polar surface area (TPSA) is 17.8 Å². The molecule has 0 atom stereocenters. The third-order valence-electron chi connectivity index (χ3n) is 2.12. The third kappa shape index (κ3) is 2.36. The van der Waals surface area contributed by atoms with Crippen LogP contribution < -0.4 is 0 Å². The van der Waals surface area contributed by atoms with Crippen LogP contribution in [0.15, 0.2) is 36.7 Å². The fourth-order valence-corrected chi connectivity index (χ4v) is 1.54. The van der Waals surface area contributed by atoms with Crippen molar-refractivity contribution in [3.05, 3.63) is 42.5 Å². The molecule has 1 aromatic heterocycles. The first-order valence-corrected chi connectivity index (χ1v) is 5.17. The van der Waals surface area contributed by atoms with Crippen molar-refractivity contribution < 1.29 is 4.39 Å². The number of alkyl halides is 1. The van der Waals surface area contributed by atoms with E-state index in [-0.39, 0.29) is 5.82 Å². The maximum Gasteiger partial charge on any atom is 0.123 e. The normalized spacial score (nSPS) is 10.5. The van der Waals surface area contributed by atoms with Crippen LogP contribution in [0.2, 0.25) is 0 Å². The van der Waals surface area contributed by atoms with Gasteiger partial charge < -0.3 is 0 Å². The summed E-state index contributed by atoms with van der Waals surface area (Å²) in [7, 11) is 0. The molecule has 0 spiro atoms. The molecule has 0 aliphatic carbocycles. The minimum Gasteiger partial charge on any atom is -0.271 e. The summed E-state index contributed by atoms with van der Waals surface area (Å²) in [6.07, 6.45) is 3.65. The average Bonchev–Trinajstić information content (AvgIpc) is 2.68. The van der Waals surface area contributed by atoms with Gasteiger partial charge in [0.05, 0.1) is 12.7 Å². The van der Waals surface area contributed by atoms with E-state index < -0.39 is 0 Å². The van der Waals surface area contributed by atoms with E-state index in [9.17, 15) is 4.39 Å². The number of aryl methyl sites for hydroxylation is 1. The van der Waals surface area contributed by atoms with E-state index in [1.165, 1.54) is 12.1 Å². The van der Waals surface area contributed by atoms with Crippen molar-refractivity contribution in [1.82, 2.24) is 9.78 Å². The van der Waals surface area contributed by atoms with E-state index in [4.69, 9.17) is 11.6 Å². The number of aromatic nitrogens is 2. The van der Waals surface area contributed by atoms with E-state index in [0.29, 0.717) is 12.4 Å². The molecule has 0 amide bonds. The average molecular weight is 225 g/mol. The number of hydrogen-bond donors (Lipinski definition) is 0. The highest BCUT2D eigenvalue weighted by molar-refractivity contribution is 6.17. The van der Waals surface area contributed by atoms with Crippen LogP contribution in [-0.2, 0) is 6.54 Å². The first kappa shape index (κ1) is 10.2. The molecule has 2 aromatic rings. The zero-order valence-electron chi connectivity index (χ0n) is 8.03. The van der Waals surface area contributed by atoms with Gasteiger partial charge in [0.1, 0.15) is 5.82 Å². The van der Waals surface area contributed by atoms with Crippen LogP contribution in [0.3, 0.4) is 0 Å². The second kappa shape index (κ2) is 4.45. The van der Waals surface area contributed by atoms with E-state index in [1.807, 2.05) is 6.20 Å². The van der Waals surface area contributed by atoms with Gasteiger partial charge in [0.25, 0.3) is 0 Å². The lowest BCUT2D eigenvalue weighted by Crippen LogP contribution is -1.98. The predicted octanol–water partition coefficient (Wildman–Crippen LogP) is 2.93. The first-order chi connectivity index (χ1) is 7.29. The Bertz CT molecular complexity index is 436. The van der Waals surface area contributed by atoms with Crippen LogP contribution in [0.5, 0.6) is 0 Å². The van der Waals surface area contributed by atoms with Crippen molar-refractivity contribution >= 4 is 11.6 Å². The Morgan fingerprint density at radius 3 is 2.60 bits per heavy atom. The molecule has 1 aromatic carbocycles. The van der Waals surface area contributed by atoms with Crippen molar-refractivity contribution in [2.75, 3.05) is 5.88 Å². The van der Waals surface area contributed by atoms with Gasteiger partial charge in [0.2, 0.25) is 0 Å². The van der Waals surface area contributed by atoms with Crippen LogP contribution in [0.4, 0.5) is 4.39 Å². The number of halogens is 2. The minimum atomic E-state index is -0.230. The third-order valence-corrected chi connectivity index (χ3v) is 2.29. The molecule has 0 bridgehead atoms. The molecule has 0 saturated carbocycles. The summed E-state index contributed by atoms with van der Waals surface area (Å²) in [5, 5.41) is 4.14. The Balaban J connectivity index is 2.25. The lowest BCUT2D eigenvalue weighted by atomic mass is 10.1. The highest BCUT2D eigenvalue weighted by Crippen LogP contribution is 2.18. The predicted molar refractivity (Wildman–Crippen MR) is 58.3 cm³/mol. The summed E-state index contributed by atoms with van der Waals surface area (Å²) < 4.78 is 14.5. The standard InChI is InChI=1S/C11H10ClFN2/c12-5-6-15-8-10(7-14-15)9-1-3-11(13)4-2-9/h1-4,7-8H,5-6H2. The van der Waals surface area contributed by atoms with Gasteiger partial charge in [-0.2, -0.15) is 5.10 Å². The monoisotopic (exact) mass is 224 g/mol. The van der Waals surface area contributed by atoms with Gasteiger partial charge in [-0.15, -0.1) is 11.6 Å². The maximum atomic E-state index is 12.7. The highest BCUT2D eigenvalue weighted by atomic mass is 35.5. The fourth-order valence-electron chi connectivity index (χ4n) is 1.36. The second-order valence-electron chi connectivity index (χ2n) is 3.19. The van der Waals surface area contributed by atoms with Crippen molar-refractivity contribution in [2.24, 2.45) is 0 Å². The van der Waals surface area contributed by atoms with E-state index in [2.05, 4.69) is 5.10 Å². The Hall–Kier alpha value is -1.35. The smallest absolute Gasteiger partial charge is 0.123 e. The molecule has 0 saturated heterocycles. The first-order valence-electron chi connectivity index (χ1n) is 4.64. The summed E-state index contributed by atoms with van der Waals surface area (Å²) in [5.74, 6) is 0.303. The summed E-state index contributed by atoms with van der Waals surface area (Å²) in [5.41, 5.74) is 1.93. The molecule has 2 nitrogen and oxygen atoms in total. The van der Waals surface area contributed by atoms with Gasteiger partial charge in [-0.1, -0.05) is 12.1 Å². The number of nitrogens with zero attached hydrogens (tertiary/aromatic N) is 2. The molecular formula is C11H10ClFN2. The molecule has 0 aliphatic rings. The van der Waals surface area contributed by atoms with Crippen LogP contribution in [0.25, 0.3) is 11.1 Å². The fraction of sp³-hybridized carbons (Fsp3) is 0.182. The van der Waals surface area contributed by atoms with E-state index >= 15 is 0 Å². The van der Waals surface area contributed by atoms with Crippen molar-refractivity contribution in [1.29, 1.82) is 0 Å². The maximum absolute atomic E-state index is 12.7. The molecule has 0 aliphatic heterocycles. The van der Waals surface area contributed by atoms with E-state index in [1.54, 1.807) is 23.0 Å². The SMILES string of the molecule is Fc1ccc(-c2cnn(CCCl)c2)cc1. The lowest BCUT2D eigenvalue weighted by Gasteiger charge is -1.96. The van der Waals surface area contributed by atoms with Gasteiger partial charge in [-0.05, 0) is 17.7 Å². The van der Waals surface area contributed by atoms with Crippen LogP contribution in [0, 0.1) is 5.82 Å². The quantitative estimate of drug-likeness (QED) is 0.733. The number of hydrogen-bond acceptors (Lipinski definition) is 1. The molecule has 78 valence electrons. The van der Waals surface area contributed by atoms with Crippen LogP contribution in [0.1, 0.15) is 0 Å². The van der Waals surface area contributed by atoms with Crippen LogP contribution >= 0.6 is 11.6 Å². The Morgan fingerprint density at radius 1 is 1.20 bits per heavy atom. The molecule has 0 radical (unpaired) electrons. The Kier molecular flexibility index (Phi) is 3.02. The summed E-state index contributed by atoms with van der Waals surface area (Å²) in [6.45, 7) is 0.683. The summed E-state index contributed by atoms with van der Waals surface area (Å²) in [6, 6.07) is 6.34. The van der Waals surface area contributed by atoms with Gasteiger partial charge in [0.15, 0.2) is 0 Å². The molecule has 15 heavy (non-hydrogen) atoms. The van der Waals surface area contributed by atoms with Gasteiger partial charge in [-0.3, -0.25) is 4.68 Å². The van der Waals surface area contributed by atoms with Crippen molar-refractivity contribution in [3.63, 3.8) is 0 Å². The molecule has 1 heterocycles. The molecular weight excluding hydrogens is 215 g/mol. The Labute approximate surface area is 92.3 Å². The summed E-state index contributed by atoms with van der Waals surface area (Å²) >= 11 is 5.60. The second-order valence-corrected chi connectivity index (χ2v) is 3.57. The minimum absolute atomic E-state index is 0.230. The molecule has 4 heteroatoms. The van der Waals surface area contributed by atoms with Gasteiger partial charge in [0, 0.05) is 17.6 Å². The van der Waals surface area contributed by atoms with E-state index in [0.717, 1.165) is 11.1 Å². The molecule has 2 rings (SSSR count). The zero-order chi connectivity index (χ0) is 10.7. The zero-order valence-corrected chi connectivity index (χ0v) is 8.78. The van der Waals surface area contributed by atoms with Crippen molar-refractivity contribution in [3.8, 4) is 11.1 Å². The number of benzene rings is 1. The lowest BCUT2D eigenvalue weighted by molar-refractivity contribution is 0.628. The largest absolute Gasteiger partial charge is 0.271 e. The Morgan fingerprint density at radius 2 is 1.93 bits per heavy atom. The van der Waals surface area contributed by atoms with Gasteiger partial charge >= 0.3 is 0 Å². The molecule has 0 unspecified atom stereocenters.